The zero-order chi connectivity index (χ0) is 66.5. The first-order chi connectivity index (χ1) is 49.1. The number of benzene rings is 15. The van der Waals surface area contributed by atoms with Crippen molar-refractivity contribution in [1.82, 2.24) is 0 Å². The zero-order valence-corrected chi connectivity index (χ0v) is 56.5. The summed E-state index contributed by atoms with van der Waals surface area (Å²) in [4.78, 5) is 0. The van der Waals surface area contributed by atoms with E-state index in [1.807, 2.05) is 0 Å². The molecule has 6 aliphatic carbocycles. The molecule has 15 aromatic carbocycles. The average Bonchev–Trinajstić information content (AvgIpc) is 1.52. The monoisotopic (exact) mass is 1270 g/mol. The van der Waals surface area contributed by atoms with Crippen molar-refractivity contribution in [2.75, 3.05) is 0 Å². The zero-order valence-electron chi connectivity index (χ0n) is 56.5. The van der Waals surface area contributed by atoms with Crippen molar-refractivity contribution in [2.24, 2.45) is 11.8 Å². The molecule has 100 heavy (non-hydrogen) atoms. The Kier molecular flexibility index (Phi) is 13.0. The van der Waals surface area contributed by atoms with Crippen molar-refractivity contribution in [3.8, 4) is 66.8 Å². The van der Waals surface area contributed by atoms with Crippen LogP contribution in [0.2, 0.25) is 0 Å². The minimum Gasteiger partial charge on any atom is -0.0732 e. The van der Waals surface area contributed by atoms with Gasteiger partial charge in [-0.2, -0.15) is 0 Å². The largest absolute Gasteiger partial charge is 0.0732 e. The Morgan fingerprint density at radius 1 is 0.250 bits per heavy atom. The van der Waals surface area contributed by atoms with Crippen LogP contribution in [0.5, 0.6) is 0 Å². The van der Waals surface area contributed by atoms with E-state index in [0.717, 1.165) is 0 Å². The molecule has 15 aromatic rings. The Morgan fingerprint density at radius 3 is 1.02 bits per heavy atom. The maximum atomic E-state index is 2.50. The van der Waals surface area contributed by atoms with E-state index in [9.17, 15) is 0 Å². The van der Waals surface area contributed by atoms with Crippen LogP contribution >= 0.6 is 0 Å². The van der Waals surface area contributed by atoms with Gasteiger partial charge in [0.25, 0.3) is 0 Å². The summed E-state index contributed by atoms with van der Waals surface area (Å²) in [6.07, 6.45) is 27.0. The Labute approximate surface area is 584 Å². The highest BCUT2D eigenvalue weighted by molar-refractivity contribution is 6.24. The van der Waals surface area contributed by atoms with Gasteiger partial charge in [0.15, 0.2) is 0 Å². The molecule has 0 aliphatic heterocycles. The van der Waals surface area contributed by atoms with Gasteiger partial charge in [0.2, 0.25) is 0 Å². The molecular formula is C100H70. The second kappa shape index (κ2) is 22.3. The van der Waals surface area contributed by atoms with Crippen molar-refractivity contribution in [3.05, 3.63) is 384 Å². The molecule has 6 aliphatic rings. The van der Waals surface area contributed by atoms with Crippen molar-refractivity contribution in [1.29, 1.82) is 0 Å². The van der Waals surface area contributed by atoms with E-state index < -0.39 is 0 Å². The topological polar surface area (TPSA) is 0 Å². The summed E-state index contributed by atoms with van der Waals surface area (Å²) in [5, 5.41) is 18.2. The first-order valence-electron chi connectivity index (χ1n) is 35.5. The lowest BCUT2D eigenvalue weighted by Gasteiger charge is -2.24. The van der Waals surface area contributed by atoms with Crippen LogP contribution in [0.1, 0.15) is 61.1 Å². The van der Waals surface area contributed by atoms with Gasteiger partial charge < -0.3 is 0 Å². The van der Waals surface area contributed by atoms with E-state index in [-0.39, 0.29) is 10.8 Å². The van der Waals surface area contributed by atoms with Crippen molar-refractivity contribution >= 4 is 86.6 Å². The predicted octanol–water partition coefficient (Wildman–Crippen LogP) is 26.9. The summed E-state index contributed by atoms with van der Waals surface area (Å²) in [6.45, 7) is 9.56. The van der Waals surface area contributed by atoms with E-state index in [4.69, 9.17) is 0 Å². The number of rotatable bonds is 6. The molecule has 0 saturated heterocycles. The highest BCUT2D eigenvalue weighted by atomic mass is 14.4. The predicted molar refractivity (Wildman–Crippen MR) is 428 cm³/mol. The van der Waals surface area contributed by atoms with Crippen LogP contribution in [0, 0.1) is 11.8 Å². The van der Waals surface area contributed by atoms with E-state index in [1.54, 1.807) is 0 Å². The number of hydrogen-bond donors (Lipinski definition) is 0. The second-order valence-corrected chi connectivity index (χ2v) is 29.3. The van der Waals surface area contributed by atoms with Crippen molar-refractivity contribution < 1.29 is 0 Å². The maximum Gasteiger partial charge on any atom is 0.0211 e. The molecule has 0 nitrogen and oxygen atoms in total. The number of allylic oxidation sites excluding steroid dienone is 16. The molecule has 0 heterocycles. The van der Waals surface area contributed by atoms with E-state index in [1.165, 1.54) is 198 Å². The van der Waals surface area contributed by atoms with Gasteiger partial charge in [-0.25, -0.2) is 0 Å². The van der Waals surface area contributed by atoms with Gasteiger partial charge in [0.1, 0.15) is 0 Å². The van der Waals surface area contributed by atoms with Crippen LogP contribution in [0.3, 0.4) is 0 Å². The number of hydrogen-bond acceptors (Lipinski definition) is 0. The molecule has 470 valence electrons. The van der Waals surface area contributed by atoms with Crippen molar-refractivity contribution in [2.45, 2.75) is 38.5 Å². The third-order valence-corrected chi connectivity index (χ3v) is 23.1. The molecule has 0 amide bonds. The van der Waals surface area contributed by atoms with Crippen LogP contribution in [0.15, 0.2) is 351 Å². The molecule has 0 spiro atoms. The fraction of sp³-hybridized carbons (Fsp3) is 0.0800. The number of fused-ring (bicyclic) bond motifs is 18. The SMILES string of the molecule is CC1(C)c2ccc(-c3c4ccccc4c(-c4ccc(C5=CC6C=CC=CC6=C5)cc4)c4ccccc34)cc2-c2c1c1ccccc1c1ccccc21.CC1(C)c2ccc(-c3c4ccccc4c(-c4ccc(C5=CC6C=CC=CC6=C5)cc4)c4ccccc34)cc2-c2cc3ccccc3cc21. The van der Waals surface area contributed by atoms with Crippen LogP contribution in [0.25, 0.3) is 153 Å². The van der Waals surface area contributed by atoms with Gasteiger partial charge in [-0.3, -0.25) is 0 Å². The van der Waals surface area contributed by atoms with Crippen LogP contribution in [-0.2, 0) is 10.8 Å². The highest BCUT2D eigenvalue weighted by Crippen LogP contribution is 2.57. The van der Waals surface area contributed by atoms with Gasteiger partial charge in [0, 0.05) is 22.7 Å². The Bertz CT molecular complexity index is 6240. The minimum atomic E-state index is -0.122. The van der Waals surface area contributed by atoms with Gasteiger partial charge >= 0.3 is 0 Å². The van der Waals surface area contributed by atoms with Crippen LogP contribution in [-0.4, -0.2) is 0 Å². The summed E-state index contributed by atoms with van der Waals surface area (Å²) >= 11 is 0. The molecule has 0 aromatic heterocycles. The molecule has 0 fully saturated rings. The average molecular weight is 1270 g/mol. The summed E-state index contributed by atoms with van der Waals surface area (Å²) in [6, 6.07) is 101. The second-order valence-electron chi connectivity index (χ2n) is 29.3. The molecule has 0 heteroatoms. The molecule has 0 N–H and O–H groups in total. The third kappa shape index (κ3) is 8.86. The normalized spacial score (nSPS) is 16.8. The van der Waals surface area contributed by atoms with Crippen LogP contribution in [0.4, 0.5) is 0 Å². The van der Waals surface area contributed by atoms with E-state index >= 15 is 0 Å². The smallest absolute Gasteiger partial charge is 0.0211 e. The fourth-order valence-corrected chi connectivity index (χ4v) is 18.3. The standard InChI is InChI=1S/C52H36.C48H34/c1-52(2)47-28-27-36(31-46(47)50-40-17-7-5-15-38(40)39-16-6-12-22-45(39)51(50)52)49-43-20-10-8-18-41(43)48(42-19-9-11-21-44(42)49)33-25-23-32(24-26-33)37-29-34-13-3-4-14-35(34)30-37;1-48(2)44-24-23-36(28-42(44)43-27-34-13-5-6-14-35(34)29-45(43)48)47-40-17-9-7-15-38(40)46(39-16-8-10-18-41(39)47)31-21-19-30(20-22-31)37-25-32-11-3-4-12-33(32)26-37/h3-31,34H,1-2H3;3-29,32H,1-2H3. The Hall–Kier alpha value is -12.0. The molecule has 2 unspecified atom stereocenters. The van der Waals surface area contributed by atoms with Gasteiger partial charge in [0.05, 0.1) is 0 Å². The molecule has 0 bridgehead atoms. The van der Waals surface area contributed by atoms with Gasteiger partial charge in [-0.1, -0.05) is 343 Å². The Morgan fingerprint density at radius 2 is 0.580 bits per heavy atom. The summed E-state index contributed by atoms with van der Waals surface area (Å²) in [5.74, 6) is 0.778. The first kappa shape index (κ1) is 58.2. The lowest BCUT2D eigenvalue weighted by molar-refractivity contribution is 0.661. The fourth-order valence-electron chi connectivity index (χ4n) is 18.3. The van der Waals surface area contributed by atoms with Crippen LogP contribution < -0.4 is 0 Å². The van der Waals surface area contributed by atoms with Gasteiger partial charge in [-0.05, 0) is 222 Å². The lowest BCUT2D eigenvalue weighted by Crippen LogP contribution is -2.15. The molecular weight excluding hydrogens is 1200 g/mol. The lowest BCUT2D eigenvalue weighted by atomic mass is 9.79. The third-order valence-electron chi connectivity index (χ3n) is 23.1. The summed E-state index contributed by atoms with van der Waals surface area (Å²) in [5.41, 5.74) is 29.1. The molecule has 2 atom stereocenters. The molecule has 0 radical (unpaired) electrons. The maximum absolute atomic E-state index is 2.50. The molecule has 21 rings (SSSR count). The Balaban J connectivity index is 0.000000135. The minimum absolute atomic E-state index is 0.0518. The summed E-state index contributed by atoms with van der Waals surface area (Å²) in [7, 11) is 0. The summed E-state index contributed by atoms with van der Waals surface area (Å²) < 4.78 is 0. The highest BCUT2D eigenvalue weighted by Gasteiger charge is 2.40. The van der Waals surface area contributed by atoms with E-state index in [2.05, 4.69) is 368 Å². The van der Waals surface area contributed by atoms with Gasteiger partial charge in [-0.15, -0.1) is 0 Å². The van der Waals surface area contributed by atoms with E-state index in [0.29, 0.717) is 11.8 Å². The molecule has 0 saturated carbocycles. The first-order valence-corrected chi connectivity index (χ1v) is 35.5. The quantitative estimate of drug-likeness (QED) is 0.115. The van der Waals surface area contributed by atoms with Crippen molar-refractivity contribution in [3.63, 3.8) is 0 Å².